The first-order valence-corrected chi connectivity index (χ1v) is 5.06. The second-order valence-electron chi connectivity index (χ2n) is 3.15. The monoisotopic (exact) mass is 211 g/mol. The quantitative estimate of drug-likeness (QED) is 0.753. The molecule has 0 heterocycles. The maximum atomic E-state index is 11.3. The zero-order chi connectivity index (χ0) is 10.6. The van der Waals surface area contributed by atoms with E-state index in [4.69, 9.17) is 11.6 Å². The van der Waals surface area contributed by atoms with Gasteiger partial charge in [-0.3, -0.25) is 4.79 Å². The van der Waals surface area contributed by atoms with Crippen LogP contribution in [0, 0.1) is 0 Å². The predicted octanol–water partition coefficient (Wildman–Crippen LogP) is 3.10. The largest absolute Gasteiger partial charge is 0.313 e. The van der Waals surface area contributed by atoms with Gasteiger partial charge in [-0.2, -0.15) is 0 Å². The summed E-state index contributed by atoms with van der Waals surface area (Å²) in [7, 11) is 0. The van der Waals surface area contributed by atoms with Crippen LogP contribution in [0.15, 0.2) is 24.3 Å². The lowest BCUT2D eigenvalue weighted by atomic mass is 10.2. The van der Waals surface area contributed by atoms with Crippen LogP contribution in [0.25, 0.3) is 0 Å². The van der Waals surface area contributed by atoms with Crippen molar-refractivity contribution in [3.8, 4) is 0 Å². The molecule has 0 spiro atoms. The second-order valence-corrected chi connectivity index (χ2v) is 3.58. The summed E-state index contributed by atoms with van der Waals surface area (Å²) in [4.78, 5) is 13.1. The maximum absolute atomic E-state index is 11.3. The van der Waals surface area contributed by atoms with Crippen molar-refractivity contribution in [2.75, 3.05) is 11.4 Å². The first-order valence-electron chi connectivity index (χ1n) is 4.69. The van der Waals surface area contributed by atoms with Crippen LogP contribution in [0.4, 0.5) is 5.69 Å². The molecule has 1 aromatic carbocycles. The van der Waals surface area contributed by atoms with Crippen LogP contribution in [0.5, 0.6) is 0 Å². The first kappa shape index (κ1) is 11.1. The van der Waals surface area contributed by atoms with E-state index in [9.17, 15) is 4.79 Å². The number of halogens is 1. The van der Waals surface area contributed by atoms with Gasteiger partial charge in [-0.25, -0.2) is 0 Å². The Morgan fingerprint density at radius 3 is 2.36 bits per heavy atom. The van der Waals surface area contributed by atoms with Crippen LogP contribution in [0.1, 0.15) is 20.3 Å². The van der Waals surface area contributed by atoms with Crippen molar-refractivity contribution in [2.45, 2.75) is 20.3 Å². The molecule has 14 heavy (non-hydrogen) atoms. The lowest BCUT2D eigenvalue weighted by Crippen LogP contribution is -2.28. The van der Waals surface area contributed by atoms with E-state index in [1.807, 2.05) is 19.1 Å². The highest BCUT2D eigenvalue weighted by atomic mass is 35.5. The van der Waals surface area contributed by atoms with Crippen LogP contribution in [0.2, 0.25) is 5.02 Å². The second kappa shape index (κ2) is 5.01. The molecule has 2 nitrogen and oxygen atoms in total. The third-order valence-electron chi connectivity index (χ3n) is 1.97. The van der Waals surface area contributed by atoms with Crippen LogP contribution in [-0.2, 0) is 4.79 Å². The molecule has 1 aromatic rings. The Morgan fingerprint density at radius 2 is 1.93 bits per heavy atom. The Balaban J connectivity index is 2.87. The standard InChI is InChI=1S/C11H14ClNO/c1-3-8-13(9(2)14)11-6-4-10(12)5-7-11/h4-7H,3,8H2,1-2H3. The molecule has 0 aliphatic carbocycles. The summed E-state index contributed by atoms with van der Waals surface area (Å²) in [6.45, 7) is 4.37. The van der Waals surface area contributed by atoms with Gasteiger partial charge in [-0.05, 0) is 30.7 Å². The summed E-state index contributed by atoms with van der Waals surface area (Å²) < 4.78 is 0. The zero-order valence-corrected chi connectivity index (χ0v) is 9.21. The summed E-state index contributed by atoms with van der Waals surface area (Å²) in [6.07, 6.45) is 0.947. The SMILES string of the molecule is CCCN(C(C)=O)c1ccc(Cl)cc1. The smallest absolute Gasteiger partial charge is 0.223 e. The van der Waals surface area contributed by atoms with E-state index in [-0.39, 0.29) is 5.91 Å². The number of nitrogens with zero attached hydrogens (tertiary/aromatic N) is 1. The average Bonchev–Trinajstić information content (AvgIpc) is 2.15. The lowest BCUT2D eigenvalue weighted by molar-refractivity contribution is -0.116. The zero-order valence-electron chi connectivity index (χ0n) is 8.46. The number of benzene rings is 1. The summed E-state index contributed by atoms with van der Waals surface area (Å²) in [6, 6.07) is 7.31. The van der Waals surface area contributed by atoms with E-state index < -0.39 is 0 Å². The van der Waals surface area contributed by atoms with Gasteiger partial charge in [0.05, 0.1) is 0 Å². The van der Waals surface area contributed by atoms with Crippen molar-refractivity contribution in [1.82, 2.24) is 0 Å². The van der Waals surface area contributed by atoms with E-state index >= 15 is 0 Å². The number of carbonyl (C=O) groups excluding carboxylic acids is 1. The average molecular weight is 212 g/mol. The minimum Gasteiger partial charge on any atom is -0.313 e. The fraction of sp³-hybridized carbons (Fsp3) is 0.364. The summed E-state index contributed by atoms with van der Waals surface area (Å²) in [5, 5.41) is 0.689. The molecule has 0 saturated heterocycles. The minimum absolute atomic E-state index is 0.0640. The maximum Gasteiger partial charge on any atom is 0.223 e. The van der Waals surface area contributed by atoms with E-state index in [1.54, 1.807) is 24.0 Å². The van der Waals surface area contributed by atoms with Crippen LogP contribution in [-0.4, -0.2) is 12.5 Å². The van der Waals surface area contributed by atoms with Gasteiger partial charge in [-0.1, -0.05) is 18.5 Å². The molecule has 1 rings (SSSR count). The Kier molecular flexibility index (Phi) is 3.96. The molecule has 3 heteroatoms. The Labute approximate surface area is 89.5 Å². The van der Waals surface area contributed by atoms with E-state index in [1.165, 1.54) is 0 Å². The highest BCUT2D eigenvalue weighted by molar-refractivity contribution is 6.30. The number of hydrogen-bond acceptors (Lipinski definition) is 1. The van der Waals surface area contributed by atoms with Gasteiger partial charge in [0.2, 0.25) is 5.91 Å². The molecule has 0 bridgehead atoms. The molecule has 0 N–H and O–H groups in total. The van der Waals surface area contributed by atoms with Crippen LogP contribution < -0.4 is 4.90 Å². The van der Waals surface area contributed by atoms with Crippen molar-refractivity contribution in [3.05, 3.63) is 29.3 Å². The van der Waals surface area contributed by atoms with Gasteiger partial charge in [0.15, 0.2) is 0 Å². The van der Waals surface area contributed by atoms with Gasteiger partial charge in [0.1, 0.15) is 0 Å². The molecule has 76 valence electrons. The lowest BCUT2D eigenvalue weighted by Gasteiger charge is -2.20. The van der Waals surface area contributed by atoms with Crippen molar-refractivity contribution in [2.24, 2.45) is 0 Å². The summed E-state index contributed by atoms with van der Waals surface area (Å²) >= 11 is 5.77. The molecule has 0 aliphatic rings. The molecule has 0 fully saturated rings. The number of hydrogen-bond donors (Lipinski definition) is 0. The van der Waals surface area contributed by atoms with Crippen molar-refractivity contribution >= 4 is 23.2 Å². The van der Waals surface area contributed by atoms with Gasteiger partial charge in [-0.15, -0.1) is 0 Å². The molecule has 0 saturated carbocycles. The van der Waals surface area contributed by atoms with Crippen molar-refractivity contribution < 1.29 is 4.79 Å². The predicted molar refractivity (Wildman–Crippen MR) is 59.8 cm³/mol. The van der Waals surface area contributed by atoms with Gasteiger partial charge < -0.3 is 4.90 Å². The number of amides is 1. The topological polar surface area (TPSA) is 20.3 Å². The molecule has 1 amide bonds. The van der Waals surface area contributed by atoms with Gasteiger partial charge in [0.25, 0.3) is 0 Å². The van der Waals surface area contributed by atoms with Gasteiger partial charge >= 0.3 is 0 Å². The number of anilines is 1. The Hall–Kier alpha value is -1.02. The Bertz CT molecular complexity index is 308. The molecule has 0 aliphatic heterocycles. The third kappa shape index (κ3) is 2.74. The third-order valence-corrected chi connectivity index (χ3v) is 2.22. The van der Waals surface area contributed by atoms with Crippen molar-refractivity contribution in [1.29, 1.82) is 0 Å². The van der Waals surface area contributed by atoms with E-state index in [0.29, 0.717) is 5.02 Å². The number of rotatable bonds is 3. The summed E-state index contributed by atoms with van der Waals surface area (Å²) in [5.74, 6) is 0.0640. The highest BCUT2D eigenvalue weighted by Gasteiger charge is 2.09. The van der Waals surface area contributed by atoms with Crippen LogP contribution in [0.3, 0.4) is 0 Å². The molecule has 0 atom stereocenters. The molecular formula is C11H14ClNO. The minimum atomic E-state index is 0.0640. The fourth-order valence-electron chi connectivity index (χ4n) is 1.31. The van der Waals surface area contributed by atoms with Crippen LogP contribution >= 0.6 is 11.6 Å². The van der Waals surface area contributed by atoms with E-state index in [2.05, 4.69) is 0 Å². The van der Waals surface area contributed by atoms with Gasteiger partial charge in [0, 0.05) is 24.2 Å². The van der Waals surface area contributed by atoms with Crippen molar-refractivity contribution in [3.63, 3.8) is 0 Å². The molecular weight excluding hydrogens is 198 g/mol. The number of carbonyl (C=O) groups is 1. The van der Waals surface area contributed by atoms with E-state index in [0.717, 1.165) is 18.7 Å². The molecule has 0 aromatic heterocycles. The molecule has 0 unspecified atom stereocenters. The highest BCUT2D eigenvalue weighted by Crippen LogP contribution is 2.18. The molecule has 0 radical (unpaired) electrons. The fourth-order valence-corrected chi connectivity index (χ4v) is 1.44. The summed E-state index contributed by atoms with van der Waals surface area (Å²) in [5.41, 5.74) is 0.906. The first-order chi connectivity index (χ1) is 6.65. The normalized spacial score (nSPS) is 9.93. The Morgan fingerprint density at radius 1 is 1.36 bits per heavy atom.